The van der Waals surface area contributed by atoms with Gasteiger partial charge in [0.15, 0.2) is 0 Å². The van der Waals surface area contributed by atoms with E-state index in [-0.39, 0.29) is 12.0 Å². The summed E-state index contributed by atoms with van der Waals surface area (Å²) in [6, 6.07) is 0. The van der Waals surface area contributed by atoms with Gasteiger partial charge in [-0.2, -0.15) is 5.10 Å². The molecule has 0 aromatic carbocycles. The van der Waals surface area contributed by atoms with Gasteiger partial charge in [0.05, 0.1) is 25.5 Å². The Balaban J connectivity index is 1.31. The number of rotatable bonds is 4. The van der Waals surface area contributed by atoms with Gasteiger partial charge < -0.3 is 4.74 Å². The summed E-state index contributed by atoms with van der Waals surface area (Å²) in [6.45, 7) is 4.95. The summed E-state index contributed by atoms with van der Waals surface area (Å²) < 4.78 is 7.81. The van der Waals surface area contributed by atoms with Crippen LogP contribution in [0, 0.1) is 11.8 Å². The lowest BCUT2D eigenvalue weighted by molar-refractivity contribution is -0.198. The zero-order chi connectivity index (χ0) is 16.5. The van der Waals surface area contributed by atoms with E-state index in [0.717, 1.165) is 39.0 Å². The van der Waals surface area contributed by atoms with E-state index in [1.807, 2.05) is 17.9 Å². The molecule has 24 heavy (non-hydrogen) atoms. The number of amides is 1. The van der Waals surface area contributed by atoms with Gasteiger partial charge in [0.1, 0.15) is 0 Å². The van der Waals surface area contributed by atoms with Crippen LogP contribution in [-0.2, 0) is 28.0 Å². The first-order chi connectivity index (χ1) is 11.7. The topological polar surface area (TPSA) is 59.8 Å². The first kappa shape index (κ1) is 16.1. The number of hydrogen-bond donors (Lipinski definition) is 0. The maximum atomic E-state index is 12.4. The van der Waals surface area contributed by atoms with Crippen molar-refractivity contribution in [3.8, 4) is 0 Å². The lowest BCUT2D eigenvalue weighted by Crippen LogP contribution is -2.37. The molecule has 0 N–H and O–H groups in total. The molecule has 1 aromatic rings. The molecule has 3 aliphatic rings. The zero-order valence-corrected chi connectivity index (χ0v) is 14.3. The van der Waals surface area contributed by atoms with Crippen molar-refractivity contribution in [2.75, 3.05) is 32.8 Å². The van der Waals surface area contributed by atoms with Crippen molar-refractivity contribution in [2.24, 2.45) is 18.9 Å². The fourth-order valence-electron chi connectivity index (χ4n) is 4.15. The Labute approximate surface area is 142 Å². The van der Waals surface area contributed by atoms with E-state index in [1.165, 1.54) is 5.56 Å². The van der Waals surface area contributed by atoms with Crippen LogP contribution in [0.2, 0.25) is 0 Å². The van der Waals surface area contributed by atoms with Crippen LogP contribution in [-0.4, -0.2) is 64.6 Å². The van der Waals surface area contributed by atoms with Crippen LogP contribution in [0.1, 0.15) is 24.8 Å². The first-order valence-electron chi connectivity index (χ1n) is 8.94. The summed E-state index contributed by atoms with van der Waals surface area (Å²) in [4.78, 5) is 20.3. The molecule has 3 saturated heterocycles. The summed E-state index contributed by atoms with van der Waals surface area (Å²) in [5.41, 5.74) is 1.23. The molecule has 1 amide bonds. The smallest absolute Gasteiger partial charge is 0.246 e. The molecular formula is C17H26N4O3. The fraction of sp³-hybridized carbons (Fsp3) is 0.765. The van der Waals surface area contributed by atoms with Gasteiger partial charge in [0.2, 0.25) is 5.91 Å². The van der Waals surface area contributed by atoms with Crippen molar-refractivity contribution in [1.29, 1.82) is 0 Å². The van der Waals surface area contributed by atoms with Crippen molar-refractivity contribution in [1.82, 2.24) is 19.7 Å². The summed E-state index contributed by atoms with van der Waals surface area (Å²) in [5.74, 6) is 0.886. The molecule has 0 unspecified atom stereocenters. The number of aryl methyl sites for hydroxylation is 1. The number of hydroxylamine groups is 2. The highest BCUT2D eigenvalue weighted by molar-refractivity contribution is 5.75. The molecule has 0 spiro atoms. The molecule has 3 aliphatic heterocycles. The Bertz CT molecular complexity index is 584. The van der Waals surface area contributed by atoms with Crippen molar-refractivity contribution < 1.29 is 14.4 Å². The predicted octanol–water partition coefficient (Wildman–Crippen LogP) is 0.811. The minimum Gasteiger partial charge on any atom is -0.376 e. The fourth-order valence-corrected chi connectivity index (χ4v) is 4.15. The Morgan fingerprint density at radius 2 is 2.29 bits per heavy atom. The van der Waals surface area contributed by atoms with Gasteiger partial charge >= 0.3 is 0 Å². The van der Waals surface area contributed by atoms with E-state index in [4.69, 9.17) is 9.57 Å². The van der Waals surface area contributed by atoms with E-state index in [1.54, 1.807) is 5.06 Å². The zero-order valence-electron chi connectivity index (χ0n) is 14.3. The molecule has 4 heterocycles. The number of carbonyl (C=O) groups excluding carboxylic acids is 1. The predicted molar refractivity (Wildman–Crippen MR) is 86.7 cm³/mol. The molecule has 7 heteroatoms. The number of aromatic nitrogens is 2. The number of ether oxygens (including phenoxy) is 1. The third-order valence-corrected chi connectivity index (χ3v) is 5.40. The number of likely N-dealkylation sites (tertiary alicyclic amines) is 1. The molecule has 0 saturated carbocycles. The Morgan fingerprint density at radius 1 is 1.38 bits per heavy atom. The van der Waals surface area contributed by atoms with Crippen molar-refractivity contribution in [2.45, 2.75) is 31.9 Å². The SMILES string of the molecule is Cn1cc(CN2C[C@@H]3[C@H](CC(=O)N4CCCCO4)CO[C@@H]3C2)cn1. The van der Waals surface area contributed by atoms with E-state index >= 15 is 0 Å². The summed E-state index contributed by atoms with van der Waals surface area (Å²) in [7, 11) is 1.94. The number of hydrogen-bond acceptors (Lipinski definition) is 5. The van der Waals surface area contributed by atoms with Gasteiger partial charge in [0, 0.05) is 57.3 Å². The largest absolute Gasteiger partial charge is 0.376 e. The highest BCUT2D eigenvalue weighted by Crippen LogP contribution is 2.36. The molecule has 0 radical (unpaired) electrons. The highest BCUT2D eigenvalue weighted by atomic mass is 16.7. The average Bonchev–Trinajstić information content (AvgIpc) is 3.26. The van der Waals surface area contributed by atoms with E-state index in [2.05, 4.69) is 16.2 Å². The van der Waals surface area contributed by atoms with Gasteiger partial charge in [-0.15, -0.1) is 0 Å². The second kappa shape index (κ2) is 6.82. The lowest BCUT2D eigenvalue weighted by Gasteiger charge is -2.27. The standard InChI is InChI=1S/C17H26N4O3/c1-19-8-13(7-18-19)9-20-10-15-14(12-23-16(15)11-20)6-17(22)21-4-2-3-5-24-21/h7-8,14-16H,2-6,9-12H2,1H3/t14-,15-,16-/m1/s1. The second-order valence-electron chi connectivity index (χ2n) is 7.25. The molecule has 7 nitrogen and oxygen atoms in total. The summed E-state index contributed by atoms with van der Waals surface area (Å²) >= 11 is 0. The average molecular weight is 334 g/mol. The van der Waals surface area contributed by atoms with Crippen LogP contribution in [0.15, 0.2) is 12.4 Å². The van der Waals surface area contributed by atoms with Gasteiger partial charge in [0.25, 0.3) is 0 Å². The molecule has 132 valence electrons. The van der Waals surface area contributed by atoms with E-state index in [0.29, 0.717) is 31.5 Å². The minimum absolute atomic E-state index is 0.120. The van der Waals surface area contributed by atoms with E-state index in [9.17, 15) is 4.79 Å². The van der Waals surface area contributed by atoms with Crippen LogP contribution in [0.3, 0.4) is 0 Å². The monoisotopic (exact) mass is 334 g/mol. The second-order valence-corrected chi connectivity index (χ2v) is 7.25. The molecule has 1 aromatic heterocycles. The van der Waals surface area contributed by atoms with Crippen molar-refractivity contribution in [3.63, 3.8) is 0 Å². The quantitative estimate of drug-likeness (QED) is 0.816. The van der Waals surface area contributed by atoms with Crippen molar-refractivity contribution >= 4 is 5.91 Å². The van der Waals surface area contributed by atoms with Crippen LogP contribution in [0.4, 0.5) is 0 Å². The van der Waals surface area contributed by atoms with Crippen LogP contribution in [0.5, 0.6) is 0 Å². The van der Waals surface area contributed by atoms with Crippen LogP contribution < -0.4 is 0 Å². The maximum absolute atomic E-state index is 12.4. The highest BCUT2D eigenvalue weighted by Gasteiger charge is 2.44. The third kappa shape index (κ3) is 3.34. The number of fused-ring (bicyclic) bond motifs is 1. The number of nitrogens with zero attached hydrogens (tertiary/aromatic N) is 4. The summed E-state index contributed by atoms with van der Waals surface area (Å²) in [6.07, 6.45) is 6.87. The van der Waals surface area contributed by atoms with E-state index < -0.39 is 0 Å². The van der Waals surface area contributed by atoms with Gasteiger partial charge in [-0.1, -0.05) is 0 Å². The first-order valence-corrected chi connectivity index (χ1v) is 8.94. The van der Waals surface area contributed by atoms with Gasteiger partial charge in [-0.05, 0) is 18.8 Å². The normalized spacial score (nSPS) is 30.7. The van der Waals surface area contributed by atoms with Crippen molar-refractivity contribution in [3.05, 3.63) is 18.0 Å². The van der Waals surface area contributed by atoms with Crippen LogP contribution >= 0.6 is 0 Å². The van der Waals surface area contributed by atoms with Gasteiger partial charge in [-0.3, -0.25) is 19.2 Å². The molecular weight excluding hydrogens is 308 g/mol. The van der Waals surface area contributed by atoms with Gasteiger partial charge in [-0.25, -0.2) is 5.06 Å². The Kier molecular flexibility index (Phi) is 4.56. The molecule has 3 atom stereocenters. The maximum Gasteiger partial charge on any atom is 0.246 e. The Hall–Kier alpha value is -1.44. The number of carbonyl (C=O) groups is 1. The lowest BCUT2D eigenvalue weighted by atomic mass is 9.90. The summed E-state index contributed by atoms with van der Waals surface area (Å²) in [5, 5.41) is 5.80. The Morgan fingerprint density at radius 3 is 3.04 bits per heavy atom. The van der Waals surface area contributed by atoms with Crippen LogP contribution in [0.25, 0.3) is 0 Å². The minimum atomic E-state index is 0.120. The molecule has 0 aliphatic carbocycles. The molecule has 3 fully saturated rings. The third-order valence-electron chi connectivity index (χ3n) is 5.40. The molecule has 4 rings (SSSR count). The molecule has 0 bridgehead atoms.